The molecule has 5 N–H and O–H groups in total. The van der Waals surface area contributed by atoms with Gasteiger partial charge in [-0.2, -0.15) is 0 Å². The number of nitrogens with zero attached hydrogens (tertiary/aromatic N) is 4. The summed E-state index contributed by atoms with van der Waals surface area (Å²) in [6.45, 7) is -0.386. The first-order valence-electron chi connectivity index (χ1n) is 6.20. The molecule has 0 spiro atoms. The standard InChI is InChI=1S/C10H16N5O6P/c11-9-8-10(13-4-12-9)15(5-14-8)7(21-2-1-16)3-20-6-22(17,18)19/h4-5,7,16H,1-3,6H2,(H2,11,12,13)(H2,17,18,19). The van der Waals surface area contributed by atoms with Gasteiger partial charge in [0.2, 0.25) is 0 Å². The summed E-state index contributed by atoms with van der Waals surface area (Å²) in [7, 11) is -4.28. The smallest absolute Gasteiger partial charge is 0.350 e. The van der Waals surface area contributed by atoms with Crippen molar-refractivity contribution < 1.29 is 28.9 Å². The fraction of sp³-hybridized carbons (Fsp3) is 0.500. The fourth-order valence-corrected chi connectivity index (χ4v) is 2.09. The molecule has 0 aliphatic rings. The third-order valence-corrected chi connectivity index (χ3v) is 3.14. The number of hydrogen-bond acceptors (Lipinski definition) is 8. The van der Waals surface area contributed by atoms with Crippen molar-refractivity contribution in [2.24, 2.45) is 0 Å². The van der Waals surface area contributed by atoms with E-state index in [4.69, 9.17) is 30.1 Å². The molecular weight excluding hydrogens is 317 g/mol. The maximum atomic E-state index is 10.8. The average Bonchev–Trinajstić information content (AvgIpc) is 2.87. The lowest BCUT2D eigenvalue weighted by atomic mass is 10.5. The Balaban J connectivity index is 2.19. The highest BCUT2D eigenvalue weighted by molar-refractivity contribution is 7.51. The molecule has 2 aromatic heterocycles. The monoisotopic (exact) mass is 333 g/mol. The van der Waals surface area contributed by atoms with E-state index < -0.39 is 20.2 Å². The zero-order valence-electron chi connectivity index (χ0n) is 11.4. The summed E-state index contributed by atoms with van der Waals surface area (Å²) >= 11 is 0. The highest BCUT2D eigenvalue weighted by Crippen LogP contribution is 2.34. The molecule has 0 saturated heterocycles. The van der Waals surface area contributed by atoms with E-state index in [1.807, 2.05) is 0 Å². The molecule has 1 atom stereocenters. The van der Waals surface area contributed by atoms with Crippen LogP contribution in [0.3, 0.4) is 0 Å². The highest BCUT2D eigenvalue weighted by Gasteiger charge is 2.20. The van der Waals surface area contributed by atoms with Gasteiger partial charge in [0.05, 0.1) is 26.1 Å². The van der Waals surface area contributed by atoms with E-state index in [0.717, 1.165) is 0 Å². The minimum Gasteiger partial charge on any atom is -0.394 e. The van der Waals surface area contributed by atoms with Crippen molar-refractivity contribution in [1.29, 1.82) is 0 Å². The van der Waals surface area contributed by atoms with Gasteiger partial charge in [0.25, 0.3) is 0 Å². The largest absolute Gasteiger partial charge is 0.394 e. The number of aliphatic hydroxyl groups is 1. The van der Waals surface area contributed by atoms with E-state index in [-0.39, 0.29) is 25.6 Å². The number of anilines is 1. The van der Waals surface area contributed by atoms with Crippen molar-refractivity contribution in [3.63, 3.8) is 0 Å². The normalized spacial score (nSPS) is 13.6. The molecular formula is C10H16N5O6P. The zero-order chi connectivity index (χ0) is 16.2. The Morgan fingerprint density at radius 2 is 2.14 bits per heavy atom. The molecule has 122 valence electrons. The Labute approximate surface area is 124 Å². The van der Waals surface area contributed by atoms with Crippen LogP contribution in [0.1, 0.15) is 6.23 Å². The number of aromatic nitrogens is 4. The van der Waals surface area contributed by atoms with Crippen molar-refractivity contribution in [3.8, 4) is 0 Å². The van der Waals surface area contributed by atoms with Crippen molar-refractivity contribution in [2.45, 2.75) is 6.23 Å². The lowest BCUT2D eigenvalue weighted by Gasteiger charge is -2.19. The summed E-state index contributed by atoms with van der Waals surface area (Å²) in [5.74, 6) is 0.195. The summed E-state index contributed by atoms with van der Waals surface area (Å²) in [5.41, 5.74) is 6.44. The SMILES string of the molecule is Nc1ncnc2c1ncn2C(COCP(=O)(O)O)OCCO. The van der Waals surface area contributed by atoms with Crippen molar-refractivity contribution in [2.75, 3.05) is 31.9 Å². The van der Waals surface area contributed by atoms with Crippen LogP contribution in [0.4, 0.5) is 5.82 Å². The molecule has 0 bridgehead atoms. The van der Waals surface area contributed by atoms with Crippen molar-refractivity contribution in [3.05, 3.63) is 12.7 Å². The quantitative estimate of drug-likeness (QED) is 0.443. The maximum Gasteiger partial charge on any atom is 0.350 e. The summed E-state index contributed by atoms with van der Waals surface area (Å²) in [6, 6.07) is 0. The van der Waals surface area contributed by atoms with Crippen LogP contribution in [0.2, 0.25) is 0 Å². The van der Waals surface area contributed by atoms with Crippen LogP contribution in [0.25, 0.3) is 11.2 Å². The lowest BCUT2D eigenvalue weighted by molar-refractivity contribution is -0.0594. The molecule has 22 heavy (non-hydrogen) atoms. The number of imidazole rings is 1. The Hall–Kier alpha value is -1.62. The minimum atomic E-state index is -4.28. The van der Waals surface area contributed by atoms with Crippen LogP contribution in [-0.2, 0) is 14.0 Å². The van der Waals surface area contributed by atoms with Crippen LogP contribution in [-0.4, -0.2) is 60.6 Å². The van der Waals surface area contributed by atoms with Crippen LogP contribution in [0, 0.1) is 0 Å². The number of rotatable bonds is 8. The van der Waals surface area contributed by atoms with Crippen molar-refractivity contribution >= 4 is 24.6 Å². The molecule has 2 aromatic rings. The second kappa shape index (κ2) is 7.09. The second-order valence-corrected chi connectivity index (χ2v) is 5.88. The fourth-order valence-electron chi connectivity index (χ4n) is 1.75. The summed E-state index contributed by atoms with van der Waals surface area (Å²) in [4.78, 5) is 29.5. The Morgan fingerprint density at radius 3 is 2.82 bits per heavy atom. The molecule has 2 rings (SSSR count). The van der Waals surface area contributed by atoms with Crippen LogP contribution in [0.5, 0.6) is 0 Å². The summed E-state index contributed by atoms with van der Waals surface area (Å²) < 4.78 is 22.7. The number of aliphatic hydroxyl groups excluding tert-OH is 1. The molecule has 11 nitrogen and oxygen atoms in total. The average molecular weight is 333 g/mol. The van der Waals surface area contributed by atoms with E-state index >= 15 is 0 Å². The van der Waals surface area contributed by atoms with Gasteiger partial charge in [0.1, 0.15) is 18.2 Å². The Morgan fingerprint density at radius 1 is 1.36 bits per heavy atom. The predicted molar refractivity (Wildman–Crippen MR) is 74.7 cm³/mol. The molecule has 0 fully saturated rings. The number of ether oxygens (including phenoxy) is 2. The van der Waals surface area contributed by atoms with Gasteiger partial charge in [-0.3, -0.25) is 9.13 Å². The minimum absolute atomic E-state index is 0.00414. The number of fused-ring (bicyclic) bond motifs is 1. The zero-order valence-corrected chi connectivity index (χ0v) is 12.3. The molecule has 1 unspecified atom stereocenters. The third kappa shape index (κ3) is 4.19. The van der Waals surface area contributed by atoms with Gasteiger partial charge in [0, 0.05) is 0 Å². The molecule has 0 aromatic carbocycles. The maximum absolute atomic E-state index is 10.8. The van der Waals surface area contributed by atoms with Gasteiger partial charge in [0.15, 0.2) is 17.7 Å². The van der Waals surface area contributed by atoms with E-state index in [9.17, 15) is 4.57 Å². The first-order valence-corrected chi connectivity index (χ1v) is 8.00. The van der Waals surface area contributed by atoms with Gasteiger partial charge in [-0.1, -0.05) is 0 Å². The Bertz CT molecular complexity index is 673. The Kier molecular flexibility index (Phi) is 5.40. The van der Waals surface area contributed by atoms with Crippen LogP contribution < -0.4 is 5.73 Å². The van der Waals surface area contributed by atoms with E-state index in [0.29, 0.717) is 11.2 Å². The van der Waals surface area contributed by atoms with E-state index in [1.165, 1.54) is 17.2 Å². The molecule has 0 radical (unpaired) electrons. The number of nitrogen functional groups attached to an aromatic ring is 1. The topological polar surface area (TPSA) is 166 Å². The molecule has 0 aliphatic heterocycles. The molecule has 0 saturated carbocycles. The summed E-state index contributed by atoms with van der Waals surface area (Å²) in [6.07, 6.45) is 1.14. The summed E-state index contributed by atoms with van der Waals surface area (Å²) in [5, 5.41) is 8.86. The lowest BCUT2D eigenvalue weighted by Crippen LogP contribution is -2.20. The van der Waals surface area contributed by atoms with Gasteiger partial charge >= 0.3 is 7.60 Å². The molecule has 0 amide bonds. The number of hydrogen-bond donors (Lipinski definition) is 4. The third-order valence-electron chi connectivity index (χ3n) is 2.62. The van der Waals surface area contributed by atoms with Gasteiger partial charge in [-0.25, -0.2) is 15.0 Å². The predicted octanol–water partition coefficient (Wildman–Crippen LogP) is -0.932. The first-order chi connectivity index (χ1) is 10.4. The number of nitrogens with two attached hydrogens (primary N) is 1. The molecule has 12 heteroatoms. The van der Waals surface area contributed by atoms with Gasteiger partial charge in [-0.15, -0.1) is 0 Å². The van der Waals surface area contributed by atoms with Crippen molar-refractivity contribution in [1.82, 2.24) is 19.5 Å². The van der Waals surface area contributed by atoms with E-state index in [1.54, 1.807) is 0 Å². The molecule has 0 aliphatic carbocycles. The first kappa shape index (κ1) is 16.7. The van der Waals surface area contributed by atoms with Gasteiger partial charge < -0.3 is 30.1 Å². The van der Waals surface area contributed by atoms with Gasteiger partial charge in [-0.05, 0) is 0 Å². The van der Waals surface area contributed by atoms with E-state index in [2.05, 4.69) is 15.0 Å². The molecule has 2 heterocycles. The van der Waals surface area contributed by atoms with Crippen LogP contribution in [0.15, 0.2) is 12.7 Å². The second-order valence-electron chi connectivity index (χ2n) is 4.30. The highest BCUT2D eigenvalue weighted by atomic mass is 31.2. The van der Waals surface area contributed by atoms with Crippen LogP contribution >= 0.6 is 7.60 Å².